The Morgan fingerprint density at radius 3 is 2.45 bits per heavy atom. The maximum Gasteiger partial charge on any atom is 0.197 e. The molecular weight excluding hydrogens is 252 g/mol. The zero-order chi connectivity index (χ0) is 14.5. The lowest BCUT2D eigenvalue weighted by atomic mass is 9.88. The van der Waals surface area contributed by atoms with Crippen LogP contribution in [0.2, 0.25) is 0 Å². The van der Waals surface area contributed by atoms with Gasteiger partial charge in [0.25, 0.3) is 0 Å². The quantitative estimate of drug-likeness (QED) is 0.778. The van der Waals surface area contributed by atoms with Gasteiger partial charge < -0.3 is 5.11 Å². The number of ketones is 1. The Kier molecular flexibility index (Phi) is 2.80. The maximum atomic E-state index is 12.7. The summed E-state index contributed by atoms with van der Waals surface area (Å²) in [5.74, 6) is 0.0460. The zero-order valence-electron chi connectivity index (χ0n) is 12.0. The summed E-state index contributed by atoms with van der Waals surface area (Å²) in [6.45, 7) is 6.56. The minimum absolute atomic E-state index is 0.00800. The van der Waals surface area contributed by atoms with E-state index >= 15 is 0 Å². The van der Waals surface area contributed by atoms with Gasteiger partial charge in [-0.05, 0) is 0 Å². The third-order valence-electron chi connectivity index (χ3n) is 3.63. The Hall–Kier alpha value is -1.94. The fourth-order valence-corrected chi connectivity index (χ4v) is 2.75. The molecule has 0 aliphatic heterocycles. The number of rotatable bonds is 2. The second kappa shape index (κ2) is 4.28. The van der Waals surface area contributed by atoms with E-state index in [9.17, 15) is 9.90 Å². The van der Waals surface area contributed by atoms with Crippen LogP contribution in [0.5, 0.6) is 0 Å². The molecule has 1 heterocycles. The first-order chi connectivity index (χ1) is 9.45. The molecule has 1 aliphatic carbocycles. The van der Waals surface area contributed by atoms with Gasteiger partial charge in [0.05, 0.1) is 30.1 Å². The van der Waals surface area contributed by atoms with Crippen molar-refractivity contribution in [1.82, 2.24) is 9.78 Å². The van der Waals surface area contributed by atoms with Crippen LogP contribution >= 0.6 is 0 Å². The number of aliphatic hydroxyl groups excluding tert-OH is 1. The van der Waals surface area contributed by atoms with Crippen molar-refractivity contribution in [3.05, 3.63) is 41.1 Å². The van der Waals surface area contributed by atoms with E-state index in [2.05, 4.69) is 25.9 Å². The molecular formula is C16H18N2O2. The van der Waals surface area contributed by atoms with Crippen molar-refractivity contribution < 1.29 is 9.90 Å². The summed E-state index contributed by atoms with van der Waals surface area (Å²) in [4.78, 5) is 12.7. The van der Waals surface area contributed by atoms with Gasteiger partial charge in [0.15, 0.2) is 5.78 Å². The lowest BCUT2D eigenvalue weighted by molar-refractivity contribution is 0.104. The number of hydrogen-bond donors (Lipinski definition) is 1. The molecule has 4 heteroatoms. The van der Waals surface area contributed by atoms with Crippen molar-refractivity contribution in [3.63, 3.8) is 0 Å². The van der Waals surface area contributed by atoms with Crippen LogP contribution in [0, 0.1) is 0 Å². The molecule has 3 rings (SSSR count). The maximum absolute atomic E-state index is 12.7. The molecule has 0 saturated carbocycles. The number of hydrogen-bond acceptors (Lipinski definition) is 3. The number of carbonyl (C=O) groups excluding carboxylic acids is 1. The normalized spacial score (nSPS) is 13.5. The molecule has 1 N–H and O–H groups in total. The average Bonchev–Trinajstić information content (AvgIpc) is 2.89. The Morgan fingerprint density at radius 2 is 1.85 bits per heavy atom. The third kappa shape index (κ3) is 1.72. The Labute approximate surface area is 118 Å². The number of aromatic nitrogens is 2. The molecule has 0 saturated heterocycles. The van der Waals surface area contributed by atoms with Crippen molar-refractivity contribution in [3.8, 4) is 11.3 Å². The van der Waals surface area contributed by atoms with Gasteiger partial charge in [-0.3, -0.25) is 9.48 Å². The van der Waals surface area contributed by atoms with Crippen LogP contribution in [0.15, 0.2) is 24.3 Å². The van der Waals surface area contributed by atoms with E-state index in [1.807, 2.05) is 24.3 Å². The van der Waals surface area contributed by atoms with Crippen molar-refractivity contribution in [2.24, 2.45) is 0 Å². The average molecular weight is 270 g/mol. The Balaban J connectivity index is 2.32. The molecule has 1 aromatic heterocycles. The van der Waals surface area contributed by atoms with Gasteiger partial charge in [0.2, 0.25) is 0 Å². The van der Waals surface area contributed by atoms with Crippen LogP contribution in [0.3, 0.4) is 0 Å². The van der Waals surface area contributed by atoms with Crippen LogP contribution < -0.4 is 0 Å². The lowest BCUT2D eigenvalue weighted by Crippen LogP contribution is -2.17. The summed E-state index contributed by atoms with van der Waals surface area (Å²) in [6, 6.07) is 7.60. The third-order valence-corrected chi connectivity index (χ3v) is 3.63. The van der Waals surface area contributed by atoms with Crippen molar-refractivity contribution >= 4 is 5.78 Å². The first-order valence-corrected chi connectivity index (χ1v) is 6.81. The molecule has 2 aromatic rings. The van der Waals surface area contributed by atoms with E-state index in [-0.39, 0.29) is 17.8 Å². The minimum atomic E-state index is -0.206. The first-order valence-electron chi connectivity index (χ1n) is 6.81. The molecule has 104 valence electrons. The highest BCUT2D eigenvalue weighted by Gasteiger charge is 2.37. The highest BCUT2D eigenvalue weighted by Crippen LogP contribution is 2.41. The number of fused-ring (bicyclic) bond motifs is 3. The molecule has 0 bridgehead atoms. The van der Waals surface area contributed by atoms with E-state index < -0.39 is 0 Å². The predicted octanol–water partition coefficient (Wildman–Crippen LogP) is 2.38. The van der Waals surface area contributed by atoms with Crippen molar-refractivity contribution in [2.45, 2.75) is 32.7 Å². The van der Waals surface area contributed by atoms with Gasteiger partial charge >= 0.3 is 0 Å². The Bertz CT molecular complexity index is 693. The zero-order valence-corrected chi connectivity index (χ0v) is 12.0. The fraction of sp³-hybridized carbons (Fsp3) is 0.375. The topological polar surface area (TPSA) is 55.1 Å². The van der Waals surface area contributed by atoms with E-state index in [4.69, 9.17) is 0 Å². The Morgan fingerprint density at radius 1 is 1.20 bits per heavy atom. The first kappa shape index (κ1) is 13.1. The molecule has 1 aliphatic rings. The van der Waals surface area contributed by atoms with Crippen molar-refractivity contribution in [1.29, 1.82) is 0 Å². The van der Waals surface area contributed by atoms with Gasteiger partial charge in [-0.25, -0.2) is 0 Å². The largest absolute Gasteiger partial charge is 0.394 e. The second-order valence-corrected chi connectivity index (χ2v) is 6.14. The van der Waals surface area contributed by atoms with Crippen LogP contribution in [-0.4, -0.2) is 27.3 Å². The molecule has 0 spiro atoms. The van der Waals surface area contributed by atoms with Crippen molar-refractivity contribution in [2.75, 3.05) is 6.61 Å². The molecule has 0 atom stereocenters. The summed E-state index contributed by atoms with van der Waals surface area (Å²) < 4.78 is 1.76. The van der Waals surface area contributed by atoms with Crippen LogP contribution in [-0.2, 0) is 12.0 Å². The lowest BCUT2D eigenvalue weighted by Gasteiger charge is -2.16. The number of aliphatic hydroxyl groups is 1. The SMILES string of the molecule is CC(C)(C)c1nn(CCO)c2c1C(=O)c1ccccc1-2. The van der Waals surface area contributed by atoms with Gasteiger partial charge in [0, 0.05) is 16.5 Å². The van der Waals surface area contributed by atoms with E-state index in [1.54, 1.807) is 4.68 Å². The van der Waals surface area contributed by atoms with Gasteiger partial charge in [-0.1, -0.05) is 45.0 Å². The number of carbonyl (C=O) groups is 1. The van der Waals surface area contributed by atoms with E-state index in [0.717, 1.165) is 22.5 Å². The number of benzene rings is 1. The van der Waals surface area contributed by atoms with E-state index in [0.29, 0.717) is 12.1 Å². The molecule has 1 aromatic carbocycles. The molecule has 0 radical (unpaired) electrons. The fourth-order valence-electron chi connectivity index (χ4n) is 2.75. The van der Waals surface area contributed by atoms with E-state index in [1.165, 1.54) is 0 Å². The second-order valence-electron chi connectivity index (χ2n) is 6.14. The number of nitrogens with zero attached hydrogens (tertiary/aromatic N) is 2. The molecule has 0 amide bonds. The van der Waals surface area contributed by atoms with Gasteiger partial charge in [0.1, 0.15) is 0 Å². The summed E-state index contributed by atoms with van der Waals surface area (Å²) in [5, 5.41) is 13.8. The van der Waals surface area contributed by atoms with Gasteiger partial charge in [-0.2, -0.15) is 5.10 Å². The standard InChI is InChI=1S/C16H18N2O2/c1-16(2,3)15-12-13(18(17-15)8-9-19)10-6-4-5-7-11(10)14(12)20/h4-7,19H,8-9H2,1-3H3. The monoisotopic (exact) mass is 270 g/mol. The molecule has 20 heavy (non-hydrogen) atoms. The van der Waals surface area contributed by atoms with Crippen LogP contribution in [0.4, 0.5) is 0 Å². The smallest absolute Gasteiger partial charge is 0.197 e. The molecule has 0 fully saturated rings. The molecule has 4 nitrogen and oxygen atoms in total. The van der Waals surface area contributed by atoms with Crippen LogP contribution in [0.1, 0.15) is 42.4 Å². The predicted molar refractivity (Wildman–Crippen MR) is 76.9 cm³/mol. The summed E-state index contributed by atoms with van der Waals surface area (Å²) >= 11 is 0. The summed E-state index contributed by atoms with van der Waals surface area (Å²) in [6.07, 6.45) is 0. The minimum Gasteiger partial charge on any atom is -0.394 e. The molecule has 0 unspecified atom stereocenters. The summed E-state index contributed by atoms with van der Waals surface area (Å²) in [7, 11) is 0. The highest BCUT2D eigenvalue weighted by molar-refractivity contribution is 6.21. The summed E-state index contributed by atoms with van der Waals surface area (Å²) in [5.41, 5.74) is 3.81. The highest BCUT2D eigenvalue weighted by atomic mass is 16.3. The van der Waals surface area contributed by atoms with Crippen LogP contribution in [0.25, 0.3) is 11.3 Å². The van der Waals surface area contributed by atoms with Gasteiger partial charge in [-0.15, -0.1) is 0 Å².